The SMILES string of the molecule is CC[C@H](C)[C@@H]1NC(=O)[C@@H](NC(=O)[C@H](Cc2c[nH]c3ccccc23)NC(=O)[C@@H](CCCN)NC(=O)CNC(=O)[C@H](CCCN)NC(=O)[C@@H](CCCN)NC(=O)[C@@H](Cc2c[nH]c3ccccc23)NC(=O)[C@@H](Cc2ccc(O)cc2)NC(=O)[C@H](N)CC(N)=O)[C@@H](C)OC(=O)[C@H](CO)NC(=O)CNC1=O. The van der Waals surface area contributed by atoms with E-state index in [1.165, 1.54) is 31.2 Å². The van der Waals surface area contributed by atoms with Crippen molar-refractivity contribution in [1.29, 1.82) is 0 Å². The number of esters is 1. The molecule has 0 bridgehead atoms. The Morgan fingerprint density at radius 1 is 0.604 bits per heavy atom. The number of fused-ring (bicyclic) bond motifs is 2. The predicted octanol–water partition coefficient (Wildman–Crippen LogP) is -4.62. The van der Waals surface area contributed by atoms with Crippen molar-refractivity contribution < 1.29 is 77.3 Å². The first kappa shape index (κ1) is 79.4. The Bertz CT molecular complexity index is 3710. The fourth-order valence-corrected chi connectivity index (χ4v) is 11.2. The summed E-state index contributed by atoms with van der Waals surface area (Å²) in [6.45, 7) is 2.46. The number of carbonyl (C=O) groups is 13. The Kier molecular flexibility index (Phi) is 30.9. The van der Waals surface area contributed by atoms with Gasteiger partial charge in [-0.15, -0.1) is 0 Å². The number of carbonyl (C=O) groups excluding carboxylic acids is 13. The molecule has 1 aliphatic heterocycles. The highest BCUT2D eigenvalue weighted by Gasteiger charge is 2.40. The smallest absolute Gasteiger partial charge is 0.331 e. The maximum absolute atomic E-state index is 14.8. The molecular formula is C67H94N18O16. The van der Waals surface area contributed by atoms with Crippen LogP contribution in [0.25, 0.3) is 21.8 Å². The number of phenolic OH excluding ortho intramolecular Hbond substituents is 1. The molecule has 0 saturated carbocycles. The number of cyclic esters (lactones) is 1. The summed E-state index contributed by atoms with van der Waals surface area (Å²) in [5.74, 6) is -12.6. The minimum atomic E-state index is -1.78. The lowest BCUT2D eigenvalue weighted by molar-refractivity contribution is -0.157. The van der Waals surface area contributed by atoms with Crippen molar-refractivity contribution in [2.75, 3.05) is 39.3 Å². The number of aromatic nitrogens is 2. The average molecular weight is 1410 g/mol. The first-order valence-electron chi connectivity index (χ1n) is 33.4. The Hall–Kier alpha value is -10.5. The van der Waals surface area contributed by atoms with Gasteiger partial charge >= 0.3 is 5.97 Å². The molecule has 12 atom stereocenters. The summed E-state index contributed by atoms with van der Waals surface area (Å²) < 4.78 is 5.56. The van der Waals surface area contributed by atoms with E-state index in [4.69, 9.17) is 33.4 Å². The molecule has 548 valence electrons. The largest absolute Gasteiger partial charge is 0.508 e. The second-order valence-electron chi connectivity index (χ2n) is 24.7. The Labute approximate surface area is 581 Å². The van der Waals surface area contributed by atoms with Crippen LogP contribution < -0.4 is 87.2 Å². The molecule has 5 aromatic rings. The van der Waals surface area contributed by atoms with E-state index in [0.29, 0.717) is 44.9 Å². The molecule has 12 amide bonds. The number of para-hydroxylation sites is 2. The number of aliphatic hydroxyl groups is 1. The van der Waals surface area contributed by atoms with Gasteiger partial charge in [-0.05, 0) is 112 Å². The van der Waals surface area contributed by atoms with E-state index in [9.17, 15) is 72.5 Å². The fourth-order valence-electron chi connectivity index (χ4n) is 11.2. The van der Waals surface area contributed by atoms with Gasteiger partial charge in [-0.3, -0.25) is 57.5 Å². The molecule has 0 aliphatic carbocycles. The molecule has 34 nitrogen and oxygen atoms in total. The Balaban J connectivity index is 1.21. The molecule has 1 aliphatic rings. The van der Waals surface area contributed by atoms with Gasteiger partial charge in [-0.2, -0.15) is 0 Å². The maximum atomic E-state index is 14.8. The third kappa shape index (κ3) is 23.8. The highest BCUT2D eigenvalue weighted by atomic mass is 16.5. The highest BCUT2D eigenvalue weighted by Crippen LogP contribution is 2.22. The number of amides is 12. The number of ether oxygens (including phenoxy) is 1. The third-order valence-electron chi connectivity index (χ3n) is 17.0. The van der Waals surface area contributed by atoms with Crippen molar-refractivity contribution in [3.63, 3.8) is 0 Å². The first-order valence-corrected chi connectivity index (χ1v) is 33.4. The maximum Gasteiger partial charge on any atom is 0.331 e. The summed E-state index contributed by atoms with van der Waals surface area (Å²) >= 11 is 0. The van der Waals surface area contributed by atoms with E-state index in [1.54, 1.807) is 74.8 Å². The molecule has 1 fully saturated rings. The quantitative estimate of drug-likeness (QED) is 0.0168. The minimum Gasteiger partial charge on any atom is -0.508 e. The van der Waals surface area contributed by atoms with Gasteiger partial charge in [0.15, 0.2) is 6.04 Å². The number of aromatic amines is 2. The summed E-state index contributed by atoms with van der Waals surface area (Å²) in [5.41, 5.74) is 31.9. The topological polar surface area (TPSA) is 566 Å². The number of nitrogens with one attached hydrogen (secondary N) is 13. The fraction of sp³-hybridized carbons (Fsp3) is 0.478. The second-order valence-corrected chi connectivity index (χ2v) is 24.7. The zero-order valence-corrected chi connectivity index (χ0v) is 56.5. The number of benzene rings is 3. The molecule has 6 rings (SSSR count). The molecule has 3 heterocycles. The molecule has 0 unspecified atom stereocenters. The predicted molar refractivity (Wildman–Crippen MR) is 368 cm³/mol. The summed E-state index contributed by atoms with van der Waals surface area (Å²) in [5, 5.41) is 49.6. The van der Waals surface area contributed by atoms with Crippen LogP contribution in [0.3, 0.4) is 0 Å². The van der Waals surface area contributed by atoms with Gasteiger partial charge in [-0.25, -0.2) is 4.79 Å². The van der Waals surface area contributed by atoms with Crippen LogP contribution in [-0.4, -0.2) is 203 Å². The number of rotatable bonds is 36. The van der Waals surface area contributed by atoms with Crippen LogP contribution >= 0.6 is 0 Å². The summed E-state index contributed by atoms with van der Waals surface area (Å²) in [6, 6.07) is 5.08. The lowest BCUT2D eigenvalue weighted by Crippen LogP contribution is -2.62. The normalized spacial score (nSPS) is 18.2. The lowest BCUT2D eigenvalue weighted by atomic mass is 9.97. The molecule has 34 heteroatoms. The van der Waals surface area contributed by atoms with Gasteiger partial charge in [0, 0.05) is 53.5 Å². The zero-order chi connectivity index (χ0) is 73.9. The first-order chi connectivity index (χ1) is 48.3. The standard InChI is InChI=1S/C67H94N18O16/c1-4-35(2)56-65(98)76-33-55(90)78-52(34-86)67(100)101-36(3)57(66(99)84-56)85-64(97)51(28-39-31-74-45-15-8-6-13-42(39)45)82-60(93)47(17-10-24-69)77-54(89)32-75-59(92)46(16-9-23-68)79-61(94)48(18-11-25-70)80-63(96)50(27-38-30-73-44-14-7-5-12-41(38)44)83-62(95)49(26-37-19-21-40(87)22-20-37)81-58(91)43(71)29-53(72)88/h5-8,12-15,19-22,30-31,35-36,43,46-52,56-57,73-74,86-87H,4,9-11,16-18,23-29,32-34,68-71H2,1-3H3,(H2,72,88)(H,75,92)(H,76,98)(H,77,89)(H,78,90)(H,79,94)(H,80,96)(H,81,91)(H,82,93)(H,83,95)(H,84,99)(H,85,97)/t35-,36+,43+,46-,47+,48+,49+,50+,51-,52-,56-,57-/m0/s1. The molecule has 0 radical (unpaired) electrons. The number of hydrogen-bond acceptors (Lipinski definition) is 20. The van der Waals surface area contributed by atoms with Crippen LogP contribution in [-0.2, 0) is 86.3 Å². The molecule has 3 aromatic carbocycles. The second kappa shape index (κ2) is 39.3. The third-order valence-corrected chi connectivity index (χ3v) is 17.0. The number of nitrogens with two attached hydrogens (primary N) is 5. The van der Waals surface area contributed by atoms with E-state index < -0.39 is 175 Å². The van der Waals surface area contributed by atoms with Gasteiger partial charge in [0.1, 0.15) is 60.2 Å². The summed E-state index contributed by atoms with van der Waals surface area (Å²) in [4.78, 5) is 186. The summed E-state index contributed by atoms with van der Waals surface area (Å²) in [7, 11) is 0. The molecule has 1 saturated heterocycles. The van der Waals surface area contributed by atoms with Gasteiger partial charge in [0.2, 0.25) is 70.9 Å². The lowest BCUT2D eigenvalue weighted by Gasteiger charge is -2.30. The minimum absolute atomic E-state index is 0.0345. The number of hydrogen-bond donors (Lipinski definition) is 20. The van der Waals surface area contributed by atoms with Crippen LogP contribution in [0.2, 0.25) is 0 Å². The van der Waals surface area contributed by atoms with E-state index >= 15 is 0 Å². The summed E-state index contributed by atoms with van der Waals surface area (Å²) in [6.07, 6.45) is 1.12. The van der Waals surface area contributed by atoms with Gasteiger partial charge in [0.05, 0.1) is 32.2 Å². The highest BCUT2D eigenvalue weighted by molar-refractivity contribution is 6.00. The average Bonchev–Trinajstić information content (AvgIpc) is 1.75. The molecule has 25 N–H and O–H groups in total. The van der Waals surface area contributed by atoms with Crippen molar-refractivity contribution in [2.24, 2.45) is 34.6 Å². The van der Waals surface area contributed by atoms with Crippen molar-refractivity contribution in [2.45, 2.75) is 158 Å². The molecule has 101 heavy (non-hydrogen) atoms. The number of aromatic hydroxyl groups is 1. The Morgan fingerprint density at radius 2 is 1.08 bits per heavy atom. The van der Waals surface area contributed by atoms with Gasteiger partial charge < -0.3 is 112 Å². The zero-order valence-electron chi connectivity index (χ0n) is 56.5. The van der Waals surface area contributed by atoms with E-state index in [-0.39, 0.29) is 83.2 Å². The molecular weight excluding hydrogens is 1310 g/mol. The number of aliphatic hydroxyl groups excluding tert-OH is 1. The van der Waals surface area contributed by atoms with Crippen LogP contribution in [0.1, 0.15) is 88.8 Å². The number of primary amides is 1. The van der Waals surface area contributed by atoms with Crippen LogP contribution in [0.5, 0.6) is 5.75 Å². The van der Waals surface area contributed by atoms with E-state index in [1.807, 2.05) is 0 Å². The van der Waals surface area contributed by atoms with Gasteiger partial charge in [-0.1, -0.05) is 68.8 Å². The van der Waals surface area contributed by atoms with Crippen molar-refractivity contribution in [3.05, 3.63) is 102 Å². The van der Waals surface area contributed by atoms with Crippen molar-refractivity contribution >= 4 is 98.7 Å². The van der Waals surface area contributed by atoms with Crippen LogP contribution in [0, 0.1) is 5.92 Å². The number of H-pyrrole nitrogens is 2. The van der Waals surface area contributed by atoms with Crippen molar-refractivity contribution in [1.82, 2.24) is 68.5 Å². The Morgan fingerprint density at radius 3 is 1.59 bits per heavy atom. The van der Waals surface area contributed by atoms with Crippen LogP contribution in [0.15, 0.2) is 85.2 Å². The molecule has 2 aromatic heterocycles. The van der Waals surface area contributed by atoms with Gasteiger partial charge in [0.25, 0.3) is 0 Å². The van der Waals surface area contributed by atoms with E-state index in [0.717, 1.165) is 0 Å². The molecule has 0 spiro atoms. The van der Waals surface area contributed by atoms with E-state index in [2.05, 4.69) is 68.5 Å². The van der Waals surface area contributed by atoms with Crippen molar-refractivity contribution in [3.8, 4) is 5.75 Å². The monoisotopic (exact) mass is 1410 g/mol. The van der Waals surface area contributed by atoms with Crippen LogP contribution in [0.4, 0.5) is 0 Å². The number of phenols is 1.